The van der Waals surface area contributed by atoms with Gasteiger partial charge in [-0.1, -0.05) is 362 Å². The third-order valence-electron chi connectivity index (χ3n) is 18.3. The Morgan fingerprint density at radius 3 is 0.701 bits per heavy atom. The van der Waals surface area contributed by atoms with Crippen molar-refractivity contribution in [2.75, 3.05) is 39.6 Å². The van der Waals surface area contributed by atoms with Crippen LogP contribution in [0.25, 0.3) is 0 Å². The van der Waals surface area contributed by atoms with Crippen LogP contribution in [0, 0.1) is 5.92 Å². The van der Waals surface area contributed by atoms with Gasteiger partial charge in [-0.05, 0) is 31.6 Å². The Balaban J connectivity index is 5.08. The van der Waals surface area contributed by atoms with Crippen molar-refractivity contribution >= 4 is 39.5 Å². The molecule has 0 aliphatic heterocycles. The third kappa shape index (κ3) is 72.2. The fourth-order valence-corrected chi connectivity index (χ4v) is 13.6. The van der Waals surface area contributed by atoms with Gasteiger partial charge in [-0.15, -0.1) is 0 Å². The summed E-state index contributed by atoms with van der Waals surface area (Å²) in [5.41, 5.74) is 0. The van der Waals surface area contributed by atoms with Gasteiger partial charge in [-0.3, -0.25) is 37.3 Å². The number of phosphoric acid groups is 2. The highest BCUT2D eigenvalue weighted by Gasteiger charge is 2.30. The predicted molar refractivity (Wildman–Crippen MR) is 395 cm³/mol. The summed E-state index contributed by atoms with van der Waals surface area (Å²) in [5.74, 6) is -1.30. The lowest BCUT2D eigenvalue weighted by molar-refractivity contribution is -0.161. The largest absolute Gasteiger partial charge is 0.472 e. The standard InChI is InChI=1S/C78H152O17P2/c1-6-9-12-15-17-19-21-22-23-24-25-26-27-31-34-37-40-44-47-52-57-62-76(81)89-68-74(95-78(83)64-59-54-49-45-41-38-35-32-29-28-30-33-36-39-42-46-51-55-60-71(4)5)70-93-97(86,87)91-66-72(79)65-90-96(84,85)92-69-73(67-88-75(80)61-56-50-14-11-8-3)94-77(82)63-58-53-48-43-20-18-16-13-10-7-2/h71-74,79H,6-70H2,1-5H3,(H,84,85)(H,86,87)/t72-,73+,74+/m0/s1. The van der Waals surface area contributed by atoms with Gasteiger partial charge in [0.15, 0.2) is 12.2 Å². The van der Waals surface area contributed by atoms with Crippen LogP contribution in [-0.2, 0) is 65.4 Å². The minimum Gasteiger partial charge on any atom is -0.462 e. The van der Waals surface area contributed by atoms with Gasteiger partial charge < -0.3 is 33.8 Å². The van der Waals surface area contributed by atoms with Crippen LogP contribution in [0.2, 0.25) is 0 Å². The van der Waals surface area contributed by atoms with Crippen molar-refractivity contribution < 1.29 is 80.2 Å². The van der Waals surface area contributed by atoms with Crippen molar-refractivity contribution in [3.8, 4) is 0 Å². The summed E-state index contributed by atoms with van der Waals surface area (Å²) in [5, 5.41) is 10.6. The second-order valence-corrected chi connectivity index (χ2v) is 31.5. The smallest absolute Gasteiger partial charge is 0.462 e. The molecule has 0 saturated carbocycles. The van der Waals surface area contributed by atoms with Crippen LogP contribution in [0.1, 0.15) is 413 Å². The molecule has 0 spiro atoms. The average Bonchev–Trinajstić information content (AvgIpc) is 1.57. The van der Waals surface area contributed by atoms with Crippen molar-refractivity contribution in [2.45, 2.75) is 432 Å². The SMILES string of the molecule is CCCCCCCCCCCCCCCCCCCCCCCC(=O)OC[C@H](COP(=O)(O)OC[C@@H](O)COP(=O)(O)OC[C@@H](COC(=O)CCCCCCC)OC(=O)CCCCCCCCCCCC)OC(=O)CCCCCCCCCCCCCCCCCCCCC(C)C. The zero-order valence-electron chi connectivity index (χ0n) is 63.2. The first-order valence-electron chi connectivity index (χ1n) is 40.6. The Labute approximate surface area is 594 Å². The Morgan fingerprint density at radius 1 is 0.278 bits per heavy atom. The van der Waals surface area contributed by atoms with Crippen molar-refractivity contribution in [1.82, 2.24) is 0 Å². The molecule has 0 aliphatic carbocycles. The first-order chi connectivity index (χ1) is 47.0. The van der Waals surface area contributed by atoms with E-state index in [1.54, 1.807) is 0 Å². The molecule has 0 aliphatic rings. The molecule has 0 rings (SSSR count). The van der Waals surface area contributed by atoms with Crippen LogP contribution in [0.5, 0.6) is 0 Å². The zero-order valence-corrected chi connectivity index (χ0v) is 65.0. The summed E-state index contributed by atoms with van der Waals surface area (Å²) in [4.78, 5) is 72.5. The molecule has 0 heterocycles. The van der Waals surface area contributed by atoms with Crippen LogP contribution < -0.4 is 0 Å². The highest BCUT2D eigenvalue weighted by molar-refractivity contribution is 7.47. The molecule has 97 heavy (non-hydrogen) atoms. The lowest BCUT2D eigenvalue weighted by Crippen LogP contribution is -2.30. The Hall–Kier alpha value is -1.94. The first-order valence-corrected chi connectivity index (χ1v) is 43.6. The van der Waals surface area contributed by atoms with Gasteiger partial charge in [-0.25, -0.2) is 9.13 Å². The summed E-state index contributed by atoms with van der Waals surface area (Å²) in [6, 6.07) is 0. The van der Waals surface area contributed by atoms with E-state index in [4.69, 9.17) is 37.0 Å². The highest BCUT2D eigenvalue weighted by atomic mass is 31.2. The van der Waals surface area contributed by atoms with Gasteiger partial charge in [0.25, 0.3) is 0 Å². The Kier molecular flexibility index (Phi) is 69.6. The number of hydrogen-bond donors (Lipinski definition) is 3. The normalized spacial score (nSPS) is 13.9. The lowest BCUT2D eigenvalue weighted by atomic mass is 10.0. The number of ether oxygens (including phenoxy) is 4. The van der Waals surface area contributed by atoms with E-state index in [1.807, 2.05) is 0 Å². The maximum atomic E-state index is 13.1. The molecule has 0 saturated heterocycles. The molecule has 0 radical (unpaired) electrons. The molecule has 5 atom stereocenters. The number of rotatable bonds is 78. The molecule has 2 unspecified atom stereocenters. The number of aliphatic hydroxyl groups excluding tert-OH is 1. The number of hydrogen-bond acceptors (Lipinski definition) is 15. The molecular weight excluding hydrogens is 1270 g/mol. The molecule has 17 nitrogen and oxygen atoms in total. The third-order valence-corrected chi connectivity index (χ3v) is 20.2. The molecule has 0 bridgehead atoms. The van der Waals surface area contributed by atoms with E-state index in [-0.39, 0.29) is 25.7 Å². The molecule has 0 amide bonds. The molecule has 0 aromatic carbocycles. The van der Waals surface area contributed by atoms with E-state index in [0.29, 0.717) is 25.7 Å². The molecule has 3 N–H and O–H groups in total. The zero-order chi connectivity index (χ0) is 71.2. The summed E-state index contributed by atoms with van der Waals surface area (Å²) >= 11 is 0. The van der Waals surface area contributed by atoms with E-state index in [9.17, 15) is 43.2 Å². The number of carbonyl (C=O) groups is 4. The van der Waals surface area contributed by atoms with Crippen molar-refractivity contribution in [3.05, 3.63) is 0 Å². The molecule has 0 aromatic rings. The molecule has 0 aromatic heterocycles. The summed E-state index contributed by atoms with van der Waals surface area (Å²) in [6.07, 6.45) is 61.7. The number of aliphatic hydroxyl groups is 1. The fraction of sp³-hybridized carbons (Fsp3) is 0.949. The Bertz CT molecular complexity index is 1860. The van der Waals surface area contributed by atoms with Crippen LogP contribution in [0.4, 0.5) is 0 Å². The summed E-state index contributed by atoms with van der Waals surface area (Å²) < 4.78 is 68.3. The van der Waals surface area contributed by atoms with Gasteiger partial charge in [-0.2, -0.15) is 0 Å². The second-order valence-electron chi connectivity index (χ2n) is 28.6. The topological polar surface area (TPSA) is 237 Å². The number of phosphoric ester groups is 2. The minimum atomic E-state index is -4.96. The number of carbonyl (C=O) groups excluding carboxylic acids is 4. The number of esters is 4. The highest BCUT2D eigenvalue weighted by Crippen LogP contribution is 2.45. The van der Waals surface area contributed by atoms with Crippen molar-refractivity contribution in [3.63, 3.8) is 0 Å². The fourth-order valence-electron chi connectivity index (χ4n) is 12.1. The van der Waals surface area contributed by atoms with Crippen molar-refractivity contribution in [2.24, 2.45) is 5.92 Å². The predicted octanol–water partition coefficient (Wildman–Crippen LogP) is 23.3. The van der Waals surface area contributed by atoms with Crippen LogP contribution in [-0.4, -0.2) is 96.7 Å². The molecule has 576 valence electrons. The summed E-state index contributed by atoms with van der Waals surface area (Å²) in [6.45, 7) is 7.23. The minimum absolute atomic E-state index is 0.106. The molecular formula is C78H152O17P2. The van der Waals surface area contributed by atoms with Gasteiger partial charge in [0.2, 0.25) is 0 Å². The van der Waals surface area contributed by atoms with Crippen LogP contribution >= 0.6 is 15.6 Å². The van der Waals surface area contributed by atoms with Gasteiger partial charge in [0.05, 0.1) is 26.4 Å². The van der Waals surface area contributed by atoms with Crippen LogP contribution in [0.15, 0.2) is 0 Å². The van der Waals surface area contributed by atoms with E-state index in [2.05, 4.69) is 34.6 Å². The number of unbranched alkanes of at least 4 members (excludes halogenated alkanes) is 50. The second kappa shape index (κ2) is 71.1. The van der Waals surface area contributed by atoms with Gasteiger partial charge >= 0.3 is 39.5 Å². The molecule has 19 heteroatoms. The summed E-state index contributed by atoms with van der Waals surface area (Å²) in [7, 11) is -9.90. The maximum Gasteiger partial charge on any atom is 0.472 e. The van der Waals surface area contributed by atoms with Gasteiger partial charge in [0, 0.05) is 25.7 Å². The van der Waals surface area contributed by atoms with E-state index >= 15 is 0 Å². The van der Waals surface area contributed by atoms with E-state index in [1.165, 1.54) is 231 Å². The van der Waals surface area contributed by atoms with Gasteiger partial charge in [0.1, 0.15) is 19.3 Å². The maximum absolute atomic E-state index is 13.1. The monoisotopic (exact) mass is 1420 g/mol. The van der Waals surface area contributed by atoms with E-state index < -0.39 is 97.5 Å². The first kappa shape index (κ1) is 95.1. The average molecular weight is 1420 g/mol. The van der Waals surface area contributed by atoms with Crippen LogP contribution in [0.3, 0.4) is 0 Å². The molecule has 0 fully saturated rings. The van der Waals surface area contributed by atoms with E-state index in [0.717, 1.165) is 102 Å². The quantitative estimate of drug-likeness (QED) is 0.0222. The lowest BCUT2D eigenvalue weighted by Gasteiger charge is -2.21. The Morgan fingerprint density at radius 2 is 0.474 bits per heavy atom. The van der Waals surface area contributed by atoms with Crippen molar-refractivity contribution in [1.29, 1.82) is 0 Å².